The van der Waals surface area contributed by atoms with E-state index in [4.69, 9.17) is 10.1 Å². The summed E-state index contributed by atoms with van der Waals surface area (Å²) in [6.45, 7) is 4.97. The van der Waals surface area contributed by atoms with Gasteiger partial charge in [-0.1, -0.05) is 6.30 Å². The maximum Gasteiger partial charge on any atom is 0.336 e. The topological polar surface area (TPSA) is 142 Å². The number of hydrogen-bond acceptors (Lipinski definition) is 7. The Morgan fingerprint density at radius 3 is 2.48 bits per heavy atom. The molecule has 0 saturated carbocycles. The number of guanidine groups is 1. The van der Waals surface area contributed by atoms with Crippen molar-refractivity contribution in [2.75, 3.05) is 12.0 Å². The molecule has 0 saturated heterocycles. The highest BCUT2D eigenvalue weighted by Crippen LogP contribution is 2.18. The van der Waals surface area contributed by atoms with Crippen LogP contribution in [0.25, 0.3) is 0 Å². The molecule has 0 aliphatic carbocycles. The fraction of sp³-hybridized carbons (Fsp3) is 0.389. The molecular weight excluding hydrogens is 459 g/mol. The van der Waals surface area contributed by atoms with Crippen molar-refractivity contribution in [2.24, 2.45) is 0 Å². The first-order valence-corrected chi connectivity index (χ1v) is 12.2. The largest absolute Gasteiger partial charge is 0.450 e. The summed E-state index contributed by atoms with van der Waals surface area (Å²) in [6.07, 6.45) is 3.77. The highest BCUT2D eigenvalue weighted by atomic mass is 31.1. The van der Waals surface area contributed by atoms with Crippen LogP contribution in [0.5, 0.6) is 5.75 Å². The van der Waals surface area contributed by atoms with Crippen molar-refractivity contribution in [2.45, 2.75) is 38.3 Å². The molecule has 1 amide bonds. The number of hydrogen-bond donors (Lipinski definition) is 5. The van der Waals surface area contributed by atoms with Gasteiger partial charge in [-0.2, -0.15) is 0 Å². The highest BCUT2D eigenvalue weighted by molar-refractivity contribution is 7.35. The summed E-state index contributed by atoms with van der Waals surface area (Å²) in [5, 5.41) is 18.8. The van der Waals surface area contributed by atoms with E-state index in [1.165, 1.54) is 13.8 Å². The molecule has 5 N–H and O–H groups in total. The van der Waals surface area contributed by atoms with Crippen molar-refractivity contribution in [3.8, 4) is 5.75 Å². The van der Waals surface area contributed by atoms with Gasteiger partial charge in [-0.25, -0.2) is 4.79 Å². The first-order valence-electron chi connectivity index (χ1n) is 9.16. The zero-order valence-electron chi connectivity index (χ0n) is 17.6. The van der Waals surface area contributed by atoms with Crippen molar-refractivity contribution in [3.63, 3.8) is 0 Å². The molecule has 0 aliphatic rings. The number of nitrogens with one attached hydrogen (secondary N) is 5. The number of carbonyl (C=O) groups is 3. The second-order valence-corrected chi connectivity index (χ2v) is 8.34. The predicted octanol–water partition coefficient (Wildman–Crippen LogP) is 2.01. The molecular formula is C18H28N5O5P3. The Morgan fingerprint density at radius 2 is 1.94 bits per heavy atom. The fourth-order valence-corrected chi connectivity index (χ4v) is 3.24. The van der Waals surface area contributed by atoms with E-state index in [0.717, 1.165) is 0 Å². The third kappa shape index (κ3) is 9.70. The molecule has 170 valence electrons. The average molecular weight is 487 g/mol. The Morgan fingerprint density at radius 1 is 1.29 bits per heavy atom. The van der Waals surface area contributed by atoms with Crippen LogP contribution in [0.15, 0.2) is 24.3 Å². The molecule has 0 heterocycles. The van der Waals surface area contributed by atoms with Crippen LogP contribution in [0.2, 0.25) is 0 Å². The Balaban J connectivity index is 2.61. The molecule has 0 aromatic heterocycles. The van der Waals surface area contributed by atoms with Crippen molar-refractivity contribution in [1.29, 1.82) is 5.41 Å². The zero-order chi connectivity index (χ0) is 23.4. The number of ether oxygens (including phenoxy) is 1. The molecule has 3 atom stereocenters. The summed E-state index contributed by atoms with van der Waals surface area (Å²) in [6, 6.07) is 5.83. The van der Waals surface area contributed by atoms with Crippen LogP contribution in [0.1, 0.15) is 26.7 Å². The minimum atomic E-state index is -1.28. The lowest BCUT2D eigenvalue weighted by Gasteiger charge is -2.24. The highest BCUT2D eigenvalue weighted by Gasteiger charge is 2.32. The third-order valence-electron chi connectivity index (χ3n) is 3.85. The number of carbonyl (C=O) groups excluding carboxylic acids is 3. The molecule has 0 fully saturated rings. The van der Waals surface area contributed by atoms with E-state index in [9.17, 15) is 14.4 Å². The van der Waals surface area contributed by atoms with Gasteiger partial charge < -0.3 is 25.0 Å². The summed E-state index contributed by atoms with van der Waals surface area (Å²) in [4.78, 5) is 36.5. The summed E-state index contributed by atoms with van der Waals surface area (Å²) < 4.78 is 9.96. The van der Waals surface area contributed by atoms with Crippen molar-refractivity contribution < 1.29 is 23.6 Å². The lowest BCUT2D eigenvalue weighted by molar-refractivity contribution is -0.143. The van der Waals surface area contributed by atoms with Gasteiger partial charge in [-0.15, -0.1) is 0 Å². The first-order chi connectivity index (χ1) is 14.6. The number of esters is 1. The maximum atomic E-state index is 12.5. The number of rotatable bonds is 11. The van der Waals surface area contributed by atoms with Crippen molar-refractivity contribution in [3.05, 3.63) is 24.3 Å². The molecule has 1 rings (SSSR count). The molecule has 0 aliphatic heterocycles. The molecule has 0 spiro atoms. The van der Waals surface area contributed by atoms with Crippen LogP contribution in [-0.4, -0.2) is 48.4 Å². The zero-order valence-corrected chi connectivity index (χ0v) is 20.6. The lowest BCUT2D eigenvalue weighted by atomic mass is 10.0. The monoisotopic (exact) mass is 487 g/mol. The van der Waals surface area contributed by atoms with Crippen molar-refractivity contribution >= 4 is 62.3 Å². The summed E-state index contributed by atoms with van der Waals surface area (Å²) in [5.74, 6) is -1.09. The van der Waals surface area contributed by atoms with Gasteiger partial charge in [0.2, 0.25) is 5.91 Å². The van der Waals surface area contributed by atoms with Crippen molar-refractivity contribution in [1.82, 2.24) is 15.5 Å². The van der Waals surface area contributed by atoms with Crippen LogP contribution in [0, 0.1) is 5.41 Å². The van der Waals surface area contributed by atoms with Gasteiger partial charge in [0.1, 0.15) is 17.3 Å². The van der Waals surface area contributed by atoms with E-state index >= 15 is 0 Å². The number of amides is 1. The minimum Gasteiger partial charge on any atom is -0.450 e. The van der Waals surface area contributed by atoms with Gasteiger partial charge in [0.05, 0.1) is 9.47 Å². The summed E-state index contributed by atoms with van der Waals surface area (Å²) >= 11 is 0. The Kier molecular flexibility index (Phi) is 11.6. The fourth-order valence-electron chi connectivity index (χ4n) is 2.31. The van der Waals surface area contributed by atoms with E-state index in [0.29, 0.717) is 28.5 Å². The van der Waals surface area contributed by atoms with Gasteiger partial charge >= 0.3 is 11.9 Å². The van der Waals surface area contributed by atoms with E-state index in [-0.39, 0.29) is 18.8 Å². The van der Waals surface area contributed by atoms with Crippen LogP contribution < -0.4 is 25.5 Å². The van der Waals surface area contributed by atoms with Gasteiger partial charge in [-0.3, -0.25) is 20.1 Å². The van der Waals surface area contributed by atoms with Gasteiger partial charge in [0.25, 0.3) is 0 Å². The van der Waals surface area contributed by atoms with Crippen LogP contribution in [-0.2, 0) is 18.9 Å². The molecule has 10 nitrogen and oxygen atoms in total. The molecule has 0 bridgehead atoms. The maximum absolute atomic E-state index is 12.5. The van der Waals surface area contributed by atoms with E-state index < -0.39 is 29.4 Å². The molecule has 1 aromatic carbocycles. The number of benzene rings is 1. The molecule has 1 aromatic rings. The third-order valence-corrected chi connectivity index (χ3v) is 5.08. The van der Waals surface area contributed by atoms with E-state index in [1.54, 1.807) is 24.3 Å². The summed E-state index contributed by atoms with van der Waals surface area (Å²) in [7, 11) is 2.80. The molecule has 3 unspecified atom stereocenters. The second-order valence-electron chi connectivity index (χ2n) is 6.78. The van der Waals surface area contributed by atoms with Gasteiger partial charge in [0.15, 0.2) is 5.96 Å². The predicted molar refractivity (Wildman–Crippen MR) is 129 cm³/mol. The first kappa shape index (κ1) is 26.9. The van der Waals surface area contributed by atoms with Gasteiger partial charge in [0, 0.05) is 12.1 Å². The van der Waals surface area contributed by atoms with Crippen LogP contribution >= 0.6 is 26.6 Å². The Labute approximate surface area is 187 Å². The number of anilines is 1. The molecule has 13 heteroatoms. The second kappa shape index (κ2) is 13.3. The lowest BCUT2D eigenvalue weighted by Crippen LogP contribution is -2.52. The van der Waals surface area contributed by atoms with Crippen LogP contribution in [0.4, 0.5) is 5.69 Å². The Hall–Kier alpha value is -2.11. The van der Waals surface area contributed by atoms with Gasteiger partial charge in [-0.05, 0) is 68.3 Å². The normalized spacial score (nSPS) is 12.3. The Bertz CT molecular complexity index is 804. The molecule has 31 heavy (non-hydrogen) atoms. The van der Waals surface area contributed by atoms with E-state index in [1.807, 2.05) is 16.1 Å². The quantitative estimate of drug-likeness (QED) is 0.105. The van der Waals surface area contributed by atoms with Crippen LogP contribution in [0.3, 0.4) is 0 Å². The van der Waals surface area contributed by atoms with E-state index in [2.05, 4.69) is 31.6 Å². The smallest absolute Gasteiger partial charge is 0.336 e. The summed E-state index contributed by atoms with van der Waals surface area (Å²) in [5.41, 5.74) is -0.617. The minimum absolute atomic E-state index is 0.00234. The standard InChI is InChI=1S/C18H28N5O5P3/c1-18(2,21-14(24)10-9-13(22-30-3)15(25)28-29)16(26)27-12-7-5-11(6-8-12)20-17(19)23-31-4/h5-8,13,22,31H,3,9-10,29H2,1-2,4H3,(H,21,24)(H3,19,20,23). The molecule has 0 radical (unpaired) electrons. The average Bonchev–Trinajstić information content (AvgIpc) is 2.71. The SMILES string of the molecule is C=PNC(CCC(=O)NC(C)(C)C(=O)Oc1ccc(NC(=N)NPC)cc1)C(=O)OP.